The van der Waals surface area contributed by atoms with Crippen LogP contribution in [0.25, 0.3) is 0 Å². The number of nitrogen functional groups attached to an aromatic ring is 1. The summed E-state index contributed by atoms with van der Waals surface area (Å²) < 4.78 is 0. The molecule has 0 saturated heterocycles. The molecule has 4 heteroatoms. The first-order valence-corrected chi connectivity index (χ1v) is 4.28. The van der Waals surface area contributed by atoms with E-state index < -0.39 is 7.12 Å². The highest BCUT2D eigenvalue weighted by Crippen LogP contribution is 2.19. The predicted octanol–water partition coefficient (Wildman–Crippen LogP) is 0.0720. The maximum absolute atomic E-state index is 8.88. The summed E-state index contributed by atoms with van der Waals surface area (Å²) in [6, 6.07) is 5.10. The van der Waals surface area contributed by atoms with Crippen LogP contribution in [0.3, 0.4) is 0 Å². The zero-order chi connectivity index (χ0) is 10.0. The van der Waals surface area contributed by atoms with E-state index in [-0.39, 0.29) is 0 Å². The largest absolute Gasteiger partial charge is 0.488 e. The summed E-state index contributed by atoms with van der Waals surface area (Å²) in [6.07, 6.45) is 0. The van der Waals surface area contributed by atoms with Crippen molar-refractivity contribution in [1.82, 2.24) is 0 Å². The minimum atomic E-state index is -1.44. The van der Waals surface area contributed by atoms with Gasteiger partial charge in [0.2, 0.25) is 0 Å². The first-order valence-electron chi connectivity index (χ1n) is 4.28. The van der Waals surface area contributed by atoms with Crippen LogP contribution < -0.4 is 11.2 Å². The Morgan fingerprint density at radius 2 is 1.92 bits per heavy atom. The number of benzene rings is 1. The van der Waals surface area contributed by atoms with E-state index >= 15 is 0 Å². The van der Waals surface area contributed by atoms with Crippen LogP contribution >= 0.6 is 0 Å². The lowest BCUT2D eigenvalue weighted by Crippen LogP contribution is -2.30. The Balaban J connectivity index is 3.06. The molecule has 0 aliphatic carbocycles. The maximum Gasteiger partial charge on any atom is 0.488 e. The topological polar surface area (TPSA) is 66.5 Å². The summed E-state index contributed by atoms with van der Waals surface area (Å²) in [5.41, 5.74) is 7.81. The van der Waals surface area contributed by atoms with Gasteiger partial charge < -0.3 is 15.8 Å². The second-order valence-electron chi connectivity index (χ2n) is 3.42. The lowest BCUT2D eigenvalue weighted by atomic mass is 9.79. The molecule has 0 aliphatic rings. The van der Waals surface area contributed by atoms with Crippen LogP contribution in [0.1, 0.15) is 25.3 Å². The fraction of sp³-hybridized carbons (Fsp3) is 0.333. The van der Waals surface area contributed by atoms with Gasteiger partial charge in [-0.3, -0.25) is 0 Å². The summed E-state index contributed by atoms with van der Waals surface area (Å²) in [5, 5.41) is 17.8. The van der Waals surface area contributed by atoms with Gasteiger partial charge >= 0.3 is 7.12 Å². The molecule has 0 aromatic heterocycles. The molecule has 0 heterocycles. The van der Waals surface area contributed by atoms with Gasteiger partial charge in [-0.2, -0.15) is 0 Å². The van der Waals surface area contributed by atoms with Crippen LogP contribution in [-0.2, 0) is 0 Å². The van der Waals surface area contributed by atoms with Gasteiger partial charge in [-0.1, -0.05) is 26.0 Å². The van der Waals surface area contributed by atoms with Crippen molar-refractivity contribution in [2.75, 3.05) is 5.73 Å². The Morgan fingerprint density at radius 1 is 1.31 bits per heavy atom. The van der Waals surface area contributed by atoms with Crippen LogP contribution in [-0.4, -0.2) is 17.2 Å². The Morgan fingerprint density at radius 3 is 2.31 bits per heavy atom. The molecule has 1 aromatic carbocycles. The first kappa shape index (κ1) is 10.1. The maximum atomic E-state index is 8.88. The summed E-state index contributed by atoms with van der Waals surface area (Å²) in [5.74, 6) is 0.352. The highest BCUT2D eigenvalue weighted by atomic mass is 16.4. The smallest absolute Gasteiger partial charge is 0.423 e. The Bertz CT molecular complexity index is 300. The molecule has 0 unspecified atom stereocenters. The highest BCUT2D eigenvalue weighted by molar-refractivity contribution is 6.58. The Labute approximate surface area is 78.3 Å². The van der Waals surface area contributed by atoms with Crippen molar-refractivity contribution in [3.05, 3.63) is 23.8 Å². The van der Waals surface area contributed by atoms with E-state index in [1.807, 2.05) is 19.9 Å². The average Bonchev–Trinajstić information content (AvgIpc) is 2.03. The summed E-state index contributed by atoms with van der Waals surface area (Å²) >= 11 is 0. The Hall–Kier alpha value is -0.995. The van der Waals surface area contributed by atoms with Gasteiger partial charge in [0.25, 0.3) is 0 Å². The standard InChI is InChI=1S/C9H14BNO2/c1-6(2)8-4-3-7(10(12)13)5-9(8)11/h3-6,12-13H,11H2,1-2H3. The third-order valence-electron chi connectivity index (χ3n) is 2.03. The highest BCUT2D eigenvalue weighted by Gasteiger charge is 2.12. The predicted molar refractivity (Wildman–Crippen MR) is 54.8 cm³/mol. The quantitative estimate of drug-likeness (QED) is 0.444. The van der Waals surface area contributed by atoms with E-state index in [0.29, 0.717) is 17.1 Å². The van der Waals surface area contributed by atoms with Crippen LogP contribution in [0.2, 0.25) is 0 Å². The van der Waals surface area contributed by atoms with E-state index in [9.17, 15) is 0 Å². The Kier molecular flexibility index (Phi) is 2.96. The van der Waals surface area contributed by atoms with Gasteiger partial charge in [-0.25, -0.2) is 0 Å². The molecule has 0 spiro atoms. The van der Waals surface area contributed by atoms with Gasteiger partial charge in [0.1, 0.15) is 0 Å². The third-order valence-corrected chi connectivity index (χ3v) is 2.03. The number of anilines is 1. The molecule has 3 nitrogen and oxygen atoms in total. The SMILES string of the molecule is CC(C)c1ccc(B(O)O)cc1N. The molecule has 1 aromatic rings. The van der Waals surface area contributed by atoms with Crippen molar-refractivity contribution >= 4 is 18.3 Å². The lowest BCUT2D eigenvalue weighted by molar-refractivity contribution is 0.426. The molecule has 13 heavy (non-hydrogen) atoms. The van der Waals surface area contributed by atoms with Crippen molar-refractivity contribution in [1.29, 1.82) is 0 Å². The first-order chi connectivity index (χ1) is 6.02. The molecule has 70 valence electrons. The van der Waals surface area contributed by atoms with E-state index in [0.717, 1.165) is 5.56 Å². The average molecular weight is 179 g/mol. The van der Waals surface area contributed by atoms with Crippen LogP contribution in [0.5, 0.6) is 0 Å². The third kappa shape index (κ3) is 2.23. The van der Waals surface area contributed by atoms with E-state index in [4.69, 9.17) is 15.8 Å². The zero-order valence-corrected chi connectivity index (χ0v) is 7.86. The summed E-state index contributed by atoms with van der Waals surface area (Å²) in [7, 11) is -1.44. The number of rotatable bonds is 2. The molecule has 0 saturated carbocycles. The van der Waals surface area contributed by atoms with Gasteiger partial charge in [0.15, 0.2) is 0 Å². The van der Waals surface area contributed by atoms with E-state index in [1.165, 1.54) is 0 Å². The fourth-order valence-electron chi connectivity index (χ4n) is 1.28. The van der Waals surface area contributed by atoms with Crippen molar-refractivity contribution in [3.63, 3.8) is 0 Å². The molecule has 0 bridgehead atoms. The molecule has 0 aliphatic heterocycles. The van der Waals surface area contributed by atoms with Crippen LogP contribution in [0, 0.1) is 0 Å². The zero-order valence-electron chi connectivity index (χ0n) is 7.86. The molecule has 0 fully saturated rings. The number of hydrogen-bond donors (Lipinski definition) is 3. The number of hydrogen-bond acceptors (Lipinski definition) is 3. The molecule has 0 amide bonds. The number of nitrogens with two attached hydrogens (primary N) is 1. The van der Waals surface area contributed by atoms with Crippen LogP contribution in [0.4, 0.5) is 5.69 Å². The van der Waals surface area contributed by atoms with Gasteiger partial charge in [-0.05, 0) is 23.0 Å². The summed E-state index contributed by atoms with van der Waals surface area (Å²) in [4.78, 5) is 0. The molecule has 1 rings (SSSR count). The molecule has 0 radical (unpaired) electrons. The van der Waals surface area contributed by atoms with Crippen molar-refractivity contribution in [2.24, 2.45) is 0 Å². The molecular weight excluding hydrogens is 165 g/mol. The van der Waals surface area contributed by atoms with Gasteiger partial charge in [-0.15, -0.1) is 0 Å². The molecule has 4 N–H and O–H groups in total. The normalized spacial score (nSPS) is 10.5. The summed E-state index contributed by atoms with van der Waals surface area (Å²) in [6.45, 7) is 4.08. The fourth-order valence-corrected chi connectivity index (χ4v) is 1.28. The second kappa shape index (κ2) is 3.81. The molecule has 0 atom stereocenters. The van der Waals surface area contributed by atoms with Crippen molar-refractivity contribution in [3.8, 4) is 0 Å². The van der Waals surface area contributed by atoms with Crippen LogP contribution in [0.15, 0.2) is 18.2 Å². The minimum Gasteiger partial charge on any atom is -0.423 e. The second-order valence-corrected chi connectivity index (χ2v) is 3.42. The van der Waals surface area contributed by atoms with Crippen molar-refractivity contribution in [2.45, 2.75) is 19.8 Å². The lowest BCUT2D eigenvalue weighted by Gasteiger charge is -2.10. The molecular formula is C9H14BNO2. The van der Waals surface area contributed by atoms with Gasteiger partial charge in [0.05, 0.1) is 0 Å². The van der Waals surface area contributed by atoms with Crippen molar-refractivity contribution < 1.29 is 10.0 Å². The van der Waals surface area contributed by atoms with E-state index in [2.05, 4.69) is 0 Å². The monoisotopic (exact) mass is 179 g/mol. The van der Waals surface area contributed by atoms with Gasteiger partial charge in [0, 0.05) is 5.69 Å². The minimum absolute atomic E-state index is 0.352. The van der Waals surface area contributed by atoms with E-state index in [1.54, 1.807) is 12.1 Å².